The Kier molecular flexibility index (Phi) is 8.33. The number of aromatic nitrogens is 1. The molecule has 1 fully saturated rings. The second kappa shape index (κ2) is 11.2. The van der Waals surface area contributed by atoms with Crippen molar-refractivity contribution in [3.63, 3.8) is 0 Å². The van der Waals surface area contributed by atoms with Crippen LogP contribution < -0.4 is 10.2 Å². The summed E-state index contributed by atoms with van der Waals surface area (Å²) in [5.41, 5.74) is 3.64. The van der Waals surface area contributed by atoms with Crippen LogP contribution in [0.15, 0.2) is 43.1 Å². The van der Waals surface area contributed by atoms with Gasteiger partial charge in [0.2, 0.25) is 0 Å². The Morgan fingerprint density at radius 1 is 1.21 bits per heavy atom. The Morgan fingerprint density at radius 3 is 2.58 bits per heavy atom. The zero-order valence-electron chi connectivity index (χ0n) is 19.4. The van der Waals surface area contributed by atoms with Gasteiger partial charge < -0.3 is 19.9 Å². The van der Waals surface area contributed by atoms with Crippen molar-refractivity contribution in [3.05, 3.63) is 64.8 Å². The lowest BCUT2D eigenvalue weighted by molar-refractivity contribution is 0.0526. The van der Waals surface area contributed by atoms with E-state index in [0.29, 0.717) is 55.7 Å². The first-order chi connectivity index (χ1) is 15.8. The number of nitrogens with zero attached hydrogens (tertiary/aromatic N) is 3. The van der Waals surface area contributed by atoms with Gasteiger partial charge in [0.05, 0.1) is 17.2 Å². The summed E-state index contributed by atoms with van der Waals surface area (Å²) in [5.74, 6) is 0.353. The van der Waals surface area contributed by atoms with Gasteiger partial charge in [0, 0.05) is 38.9 Å². The monoisotopic (exact) mass is 470 g/mol. The van der Waals surface area contributed by atoms with Gasteiger partial charge in [0.1, 0.15) is 5.82 Å². The highest BCUT2D eigenvalue weighted by Crippen LogP contribution is 2.25. The highest BCUT2D eigenvalue weighted by molar-refractivity contribution is 6.33. The van der Waals surface area contributed by atoms with Crippen molar-refractivity contribution in [3.8, 4) is 0 Å². The van der Waals surface area contributed by atoms with E-state index in [1.54, 1.807) is 17.9 Å². The highest BCUT2D eigenvalue weighted by atomic mass is 35.5. The Bertz CT molecular complexity index is 1020. The molecule has 1 aromatic carbocycles. The van der Waals surface area contributed by atoms with Crippen LogP contribution in [-0.2, 0) is 4.74 Å². The van der Waals surface area contributed by atoms with Crippen LogP contribution in [-0.4, -0.2) is 61.2 Å². The molecule has 8 heteroatoms. The maximum absolute atomic E-state index is 12.7. The third-order valence-corrected chi connectivity index (χ3v) is 5.99. The highest BCUT2D eigenvalue weighted by Gasteiger charge is 2.24. The molecular formula is C25H31ClN4O3. The predicted octanol–water partition coefficient (Wildman–Crippen LogP) is 4.58. The number of urea groups is 1. The molecule has 1 saturated heterocycles. The molecule has 0 spiro atoms. The minimum atomic E-state index is -0.444. The van der Waals surface area contributed by atoms with Gasteiger partial charge >= 0.3 is 12.0 Å². The lowest BCUT2D eigenvalue weighted by Gasteiger charge is -2.35. The van der Waals surface area contributed by atoms with Crippen molar-refractivity contribution in [2.75, 3.05) is 44.2 Å². The summed E-state index contributed by atoms with van der Waals surface area (Å²) in [5, 5.41) is 3.44. The minimum Gasteiger partial charge on any atom is -0.462 e. The molecule has 2 aromatic rings. The second-order valence-corrected chi connectivity index (χ2v) is 8.62. The summed E-state index contributed by atoms with van der Waals surface area (Å²) in [6, 6.07) is 9.77. The van der Waals surface area contributed by atoms with E-state index >= 15 is 0 Å². The summed E-state index contributed by atoms with van der Waals surface area (Å²) < 4.78 is 4.99. The van der Waals surface area contributed by atoms with Gasteiger partial charge in [-0.2, -0.15) is 0 Å². The summed E-state index contributed by atoms with van der Waals surface area (Å²) in [6.07, 6.45) is 1.47. The topological polar surface area (TPSA) is 74.8 Å². The van der Waals surface area contributed by atoms with Crippen LogP contribution in [0.25, 0.3) is 5.57 Å². The number of amides is 2. The fourth-order valence-electron chi connectivity index (χ4n) is 3.69. The number of hydrogen-bond acceptors (Lipinski definition) is 5. The smallest absolute Gasteiger partial charge is 0.339 e. The molecule has 2 amide bonds. The molecule has 2 heterocycles. The van der Waals surface area contributed by atoms with E-state index in [0.717, 1.165) is 11.1 Å². The van der Waals surface area contributed by atoms with Gasteiger partial charge in [-0.15, -0.1) is 0 Å². The minimum absolute atomic E-state index is 0.0747. The fourth-order valence-corrected chi connectivity index (χ4v) is 3.98. The first-order valence-corrected chi connectivity index (χ1v) is 11.5. The number of hydrogen-bond donors (Lipinski definition) is 1. The molecule has 0 radical (unpaired) electrons. The van der Waals surface area contributed by atoms with Gasteiger partial charge in [-0.25, -0.2) is 14.6 Å². The van der Waals surface area contributed by atoms with Gasteiger partial charge in [-0.3, -0.25) is 0 Å². The van der Waals surface area contributed by atoms with Crippen molar-refractivity contribution in [2.45, 2.75) is 26.7 Å². The number of benzene rings is 1. The molecule has 1 N–H and O–H groups in total. The van der Waals surface area contributed by atoms with Gasteiger partial charge in [-0.05, 0) is 37.0 Å². The number of halogens is 1. The Hall–Kier alpha value is -3.06. The predicted molar refractivity (Wildman–Crippen MR) is 132 cm³/mol. The SMILES string of the molecule is C=C(C)c1cccc(C(C)CNC(=O)N2CCN(c3ncc(C(=O)OCC)cc3Cl)CC2)c1. The maximum Gasteiger partial charge on any atom is 0.339 e. The van der Waals surface area contributed by atoms with Gasteiger partial charge in [-0.1, -0.05) is 54.9 Å². The molecule has 7 nitrogen and oxygen atoms in total. The summed E-state index contributed by atoms with van der Waals surface area (Å²) in [7, 11) is 0. The molecule has 1 aromatic heterocycles. The third-order valence-electron chi connectivity index (χ3n) is 5.71. The number of carbonyl (C=O) groups excluding carboxylic acids is 2. The maximum atomic E-state index is 12.7. The molecule has 0 saturated carbocycles. The van der Waals surface area contributed by atoms with E-state index in [1.165, 1.54) is 11.8 Å². The van der Waals surface area contributed by atoms with Crippen molar-refractivity contribution in [2.24, 2.45) is 0 Å². The van der Waals surface area contributed by atoms with E-state index in [4.69, 9.17) is 16.3 Å². The van der Waals surface area contributed by atoms with E-state index in [9.17, 15) is 9.59 Å². The van der Waals surface area contributed by atoms with E-state index in [-0.39, 0.29) is 11.9 Å². The molecule has 3 rings (SSSR count). The Labute approximate surface area is 200 Å². The number of ether oxygens (including phenoxy) is 1. The van der Waals surface area contributed by atoms with Crippen LogP contribution in [0.1, 0.15) is 48.2 Å². The number of anilines is 1. The molecule has 1 aliphatic heterocycles. The van der Waals surface area contributed by atoms with Crippen molar-refractivity contribution < 1.29 is 14.3 Å². The van der Waals surface area contributed by atoms with Crippen LogP contribution in [0.4, 0.5) is 10.6 Å². The largest absolute Gasteiger partial charge is 0.462 e. The number of nitrogens with one attached hydrogen (secondary N) is 1. The second-order valence-electron chi connectivity index (χ2n) is 8.22. The molecule has 1 atom stereocenters. The number of piperazine rings is 1. The first-order valence-electron chi connectivity index (χ1n) is 11.2. The number of rotatable bonds is 7. The van der Waals surface area contributed by atoms with Gasteiger partial charge in [0.25, 0.3) is 0 Å². The molecule has 0 aliphatic carbocycles. The zero-order valence-corrected chi connectivity index (χ0v) is 20.2. The zero-order chi connectivity index (χ0) is 24.0. The van der Waals surface area contributed by atoms with E-state index in [2.05, 4.69) is 35.9 Å². The van der Waals surface area contributed by atoms with Crippen LogP contribution in [0.5, 0.6) is 0 Å². The summed E-state index contributed by atoms with van der Waals surface area (Å²) >= 11 is 6.37. The molecule has 1 unspecified atom stereocenters. The lowest BCUT2D eigenvalue weighted by Crippen LogP contribution is -2.52. The average Bonchev–Trinajstić information content (AvgIpc) is 2.82. The van der Waals surface area contributed by atoms with Crippen molar-refractivity contribution >= 4 is 35.0 Å². The molecule has 33 heavy (non-hydrogen) atoms. The number of pyridine rings is 1. The van der Waals surface area contributed by atoms with Crippen molar-refractivity contribution in [1.82, 2.24) is 15.2 Å². The Balaban J connectivity index is 1.51. The van der Waals surface area contributed by atoms with Crippen LogP contribution in [0, 0.1) is 0 Å². The standard InChI is InChI=1S/C25H31ClN4O3/c1-5-33-24(31)21-14-22(26)23(27-16-21)29-9-11-30(12-10-29)25(32)28-15-18(4)20-8-6-7-19(13-20)17(2)3/h6-8,13-14,16,18H,2,5,9-12,15H2,1,3-4H3,(H,28,32). The molecule has 1 aliphatic rings. The van der Waals surface area contributed by atoms with E-state index in [1.807, 2.05) is 24.0 Å². The van der Waals surface area contributed by atoms with Crippen molar-refractivity contribution in [1.29, 1.82) is 0 Å². The fraction of sp³-hybridized carbons (Fsp3) is 0.400. The van der Waals surface area contributed by atoms with Crippen LogP contribution >= 0.6 is 11.6 Å². The third kappa shape index (κ3) is 6.26. The normalized spacial score (nSPS) is 14.5. The number of allylic oxidation sites excluding steroid dienone is 1. The van der Waals surface area contributed by atoms with Crippen LogP contribution in [0.2, 0.25) is 5.02 Å². The Morgan fingerprint density at radius 2 is 1.94 bits per heavy atom. The molecule has 176 valence electrons. The van der Waals surface area contributed by atoms with Crippen LogP contribution in [0.3, 0.4) is 0 Å². The molecule has 0 bridgehead atoms. The number of esters is 1. The average molecular weight is 471 g/mol. The summed E-state index contributed by atoms with van der Waals surface area (Å²) in [4.78, 5) is 32.7. The van der Waals surface area contributed by atoms with E-state index < -0.39 is 5.97 Å². The quantitative estimate of drug-likeness (QED) is 0.599. The number of carbonyl (C=O) groups is 2. The van der Waals surface area contributed by atoms with Gasteiger partial charge in [0.15, 0.2) is 0 Å². The summed E-state index contributed by atoms with van der Waals surface area (Å²) in [6.45, 7) is 13.0. The molecular weight excluding hydrogens is 440 g/mol. The first kappa shape index (κ1) is 24.6. The lowest BCUT2D eigenvalue weighted by atomic mass is 9.97.